The van der Waals surface area contributed by atoms with Gasteiger partial charge in [0.15, 0.2) is 0 Å². The van der Waals surface area contributed by atoms with Crippen molar-refractivity contribution in [1.82, 2.24) is 20.2 Å². The smallest absolute Gasteiger partial charge is 0.262 e. The van der Waals surface area contributed by atoms with Crippen LogP contribution in [0.25, 0.3) is 0 Å². The van der Waals surface area contributed by atoms with Crippen molar-refractivity contribution in [3.63, 3.8) is 0 Å². The SMILES string of the molecule is Cc1nc(NC(=O)c2cccnc2F)n[nH]1. The Morgan fingerprint density at radius 2 is 2.38 bits per heavy atom. The predicted octanol–water partition coefficient (Wildman–Crippen LogP) is 0.900. The maximum absolute atomic E-state index is 13.1. The van der Waals surface area contributed by atoms with Gasteiger partial charge in [-0.05, 0) is 19.1 Å². The standard InChI is InChI=1S/C9H8FN5O/c1-5-12-9(15-14-5)13-8(16)6-3-2-4-11-7(6)10/h2-4H,1H3,(H2,12,13,14,15,16). The topological polar surface area (TPSA) is 83.6 Å². The number of nitrogens with zero attached hydrogens (tertiary/aromatic N) is 3. The van der Waals surface area contributed by atoms with Crippen LogP contribution in [-0.4, -0.2) is 26.1 Å². The number of carbonyl (C=O) groups excluding carboxylic acids is 1. The van der Waals surface area contributed by atoms with Gasteiger partial charge in [0, 0.05) is 6.20 Å². The fourth-order valence-electron chi connectivity index (χ4n) is 1.12. The highest BCUT2D eigenvalue weighted by atomic mass is 19.1. The van der Waals surface area contributed by atoms with Crippen molar-refractivity contribution < 1.29 is 9.18 Å². The zero-order valence-corrected chi connectivity index (χ0v) is 8.36. The molecule has 2 aromatic heterocycles. The Kier molecular flexibility index (Phi) is 2.59. The fourth-order valence-corrected chi connectivity index (χ4v) is 1.12. The van der Waals surface area contributed by atoms with E-state index in [2.05, 4.69) is 25.5 Å². The largest absolute Gasteiger partial charge is 0.289 e. The molecule has 0 radical (unpaired) electrons. The van der Waals surface area contributed by atoms with Crippen LogP contribution in [0, 0.1) is 12.9 Å². The highest BCUT2D eigenvalue weighted by Gasteiger charge is 2.13. The van der Waals surface area contributed by atoms with Gasteiger partial charge < -0.3 is 0 Å². The van der Waals surface area contributed by atoms with Gasteiger partial charge >= 0.3 is 0 Å². The average Bonchev–Trinajstić information content (AvgIpc) is 2.64. The maximum atomic E-state index is 13.1. The second-order valence-corrected chi connectivity index (χ2v) is 3.04. The number of hydrogen-bond acceptors (Lipinski definition) is 4. The Balaban J connectivity index is 2.18. The third-order valence-electron chi connectivity index (χ3n) is 1.83. The number of amides is 1. The molecular formula is C9H8FN5O. The molecule has 0 saturated heterocycles. The first-order valence-electron chi connectivity index (χ1n) is 4.47. The molecule has 0 bridgehead atoms. The maximum Gasteiger partial charge on any atom is 0.262 e. The van der Waals surface area contributed by atoms with Crippen molar-refractivity contribution in [3.8, 4) is 0 Å². The van der Waals surface area contributed by atoms with Gasteiger partial charge in [-0.15, -0.1) is 5.10 Å². The number of aryl methyl sites for hydroxylation is 1. The molecule has 0 saturated carbocycles. The summed E-state index contributed by atoms with van der Waals surface area (Å²) in [6, 6.07) is 2.80. The minimum Gasteiger partial charge on any atom is -0.289 e. The first kappa shape index (κ1) is 10.2. The van der Waals surface area contributed by atoms with Crippen LogP contribution in [0.5, 0.6) is 0 Å². The highest BCUT2D eigenvalue weighted by Crippen LogP contribution is 2.06. The highest BCUT2D eigenvalue weighted by molar-refractivity contribution is 6.03. The Hall–Kier alpha value is -2.31. The summed E-state index contributed by atoms with van der Waals surface area (Å²) in [6.07, 6.45) is 1.27. The van der Waals surface area contributed by atoms with Gasteiger partial charge in [-0.3, -0.25) is 15.2 Å². The Morgan fingerprint density at radius 1 is 1.56 bits per heavy atom. The second-order valence-electron chi connectivity index (χ2n) is 3.04. The molecule has 0 unspecified atom stereocenters. The van der Waals surface area contributed by atoms with Crippen LogP contribution in [0.3, 0.4) is 0 Å². The van der Waals surface area contributed by atoms with E-state index in [0.29, 0.717) is 5.82 Å². The number of anilines is 1. The van der Waals surface area contributed by atoms with Gasteiger partial charge in [-0.2, -0.15) is 9.37 Å². The molecule has 2 rings (SSSR count). The summed E-state index contributed by atoms with van der Waals surface area (Å²) in [5, 5.41) is 8.60. The molecule has 0 aromatic carbocycles. The average molecular weight is 221 g/mol. The van der Waals surface area contributed by atoms with Crippen molar-refractivity contribution in [1.29, 1.82) is 0 Å². The van der Waals surface area contributed by atoms with E-state index in [-0.39, 0.29) is 11.5 Å². The minimum absolute atomic E-state index is 0.103. The molecule has 0 spiro atoms. The molecule has 2 N–H and O–H groups in total. The van der Waals surface area contributed by atoms with E-state index in [0.717, 1.165) is 0 Å². The minimum atomic E-state index is -0.827. The molecule has 7 heteroatoms. The van der Waals surface area contributed by atoms with E-state index in [1.54, 1.807) is 6.92 Å². The fraction of sp³-hybridized carbons (Fsp3) is 0.111. The quantitative estimate of drug-likeness (QED) is 0.738. The number of carbonyl (C=O) groups is 1. The van der Waals surface area contributed by atoms with Crippen LogP contribution < -0.4 is 5.32 Å². The molecule has 16 heavy (non-hydrogen) atoms. The zero-order valence-electron chi connectivity index (χ0n) is 8.36. The molecule has 0 aliphatic heterocycles. The predicted molar refractivity (Wildman–Crippen MR) is 53.3 cm³/mol. The first-order valence-corrected chi connectivity index (χ1v) is 4.47. The molecule has 0 aliphatic carbocycles. The molecule has 0 fully saturated rings. The molecule has 1 amide bonds. The van der Waals surface area contributed by atoms with Gasteiger partial charge in [-0.25, -0.2) is 4.98 Å². The van der Waals surface area contributed by atoms with E-state index in [4.69, 9.17) is 0 Å². The summed E-state index contributed by atoms with van der Waals surface area (Å²) in [7, 11) is 0. The molecule has 6 nitrogen and oxygen atoms in total. The number of halogens is 1. The van der Waals surface area contributed by atoms with E-state index in [1.165, 1.54) is 18.3 Å². The Labute approximate surface area is 89.9 Å². The Morgan fingerprint density at radius 3 is 3.00 bits per heavy atom. The lowest BCUT2D eigenvalue weighted by molar-refractivity contribution is 0.102. The number of aromatic nitrogens is 4. The van der Waals surface area contributed by atoms with Gasteiger partial charge in [0.1, 0.15) is 5.82 Å². The molecule has 82 valence electrons. The van der Waals surface area contributed by atoms with Crippen LogP contribution in [0.4, 0.5) is 10.3 Å². The van der Waals surface area contributed by atoms with E-state index in [1.807, 2.05) is 0 Å². The summed E-state index contributed by atoms with van der Waals surface area (Å²) in [4.78, 5) is 18.8. The van der Waals surface area contributed by atoms with Gasteiger partial charge in [0.05, 0.1) is 5.56 Å². The summed E-state index contributed by atoms with van der Waals surface area (Å²) >= 11 is 0. The monoisotopic (exact) mass is 221 g/mol. The molecule has 2 heterocycles. The van der Waals surface area contributed by atoms with Crippen molar-refractivity contribution >= 4 is 11.9 Å². The molecule has 2 aromatic rings. The molecule has 0 aliphatic rings. The number of rotatable bonds is 2. The summed E-state index contributed by atoms with van der Waals surface area (Å²) in [6.45, 7) is 1.69. The van der Waals surface area contributed by atoms with E-state index < -0.39 is 11.9 Å². The van der Waals surface area contributed by atoms with E-state index >= 15 is 0 Å². The normalized spacial score (nSPS) is 10.1. The van der Waals surface area contributed by atoms with Crippen LogP contribution in [0.15, 0.2) is 18.3 Å². The second kappa shape index (κ2) is 4.05. The number of pyridine rings is 1. The zero-order chi connectivity index (χ0) is 11.5. The lowest BCUT2D eigenvalue weighted by Gasteiger charge is -2.00. The number of hydrogen-bond donors (Lipinski definition) is 2. The van der Waals surface area contributed by atoms with Crippen LogP contribution in [0.2, 0.25) is 0 Å². The third kappa shape index (κ3) is 2.02. The van der Waals surface area contributed by atoms with E-state index in [9.17, 15) is 9.18 Å². The molecular weight excluding hydrogens is 213 g/mol. The van der Waals surface area contributed by atoms with Crippen LogP contribution in [0.1, 0.15) is 16.2 Å². The number of nitrogens with one attached hydrogen (secondary N) is 2. The van der Waals surface area contributed by atoms with Gasteiger partial charge in [0.25, 0.3) is 5.91 Å². The number of H-pyrrole nitrogens is 1. The van der Waals surface area contributed by atoms with Crippen molar-refractivity contribution in [2.75, 3.05) is 5.32 Å². The summed E-state index contributed by atoms with van der Waals surface area (Å²) in [5.74, 6) is -0.801. The lowest BCUT2D eigenvalue weighted by Crippen LogP contribution is -2.15. The van der Waals surface area contributed by atoms with Crippen molar-refractivity contribution in [3.05, 3.63) is 35.7 Å². The lowest BCUT2D eigenvalue weighted by atomic mass is 10.2. The third-order valence-corrected chi connectivity index (χ3v) is 1.83. The van der Waals surface area contributed by atoms with Gasteiger partial charge in [-0.1, -0.05) is 0 Å². The van der Waals surface area contributed by atoms with Crippen molar-refractivity contribution in [2.45, 2.75) is 6.92 Å². The first-order chi connectivity index (χ1) is 7.66. The number of aromatic amines is 1. The van der Waals surface area contributed by atoms with Gasteiger partial charge in [0.2, 0.25) is 11.9 Å². The summed E-state index contributed by atoms with van der Waals surface area (Å²) in [5.41, 5.74) is -0.148. The van der Waals surface area contributed by atoms with Crippen molar-refractivity contribution in [2.24, 2.45) is 0 Å². The van der Waals surface area contributed by atoms with Crippen LogP contribution in [-0.2, 0) is 0 Å². The summed E-state index contributed by atoms with van der Waals surface area (Å²) < 4.78 is 13.1. The Bertz CT molecular complexity index is 524. The molecule has 0 atom stereocenters. The van der Waals surface area contributed by atoms with Crippen LogP contribution >= 0.6 is 0 Å².